The van der Waals surface area contributed by atoms with Crippen molar-refractivity contribution < 1.29 is 4.74 Å². The van der Waals surface area contributed by atoms with E-state index < -0.39 is 0 Å². The SMILES string of the molecule is Brc1cccc(COCC[C@@H]2CCCCN2)c1. The topological polar surface area (TPSA) is 21.3 Å². The summed E-state index contributed by atoms with van der Waals surface area (Å²) < 4.78 is 6.83. The highest BCUT2D eigenvalue weighted by atomic mass is 79.9. The summed E-state index contributed by atoms with van der Waals surface area (Å²) in [5.41, 5.74) is 1.23. The number of halogens is 1. The third-order valence-electron chi connectivity index (χ3n) is 3.18. The van der Waals surface area contributed by atoms with Crippen molar-refractivity contribution in [3.63, 3.8) is 0 Å². The molecule has 0 bridgehead atoms. The van der Waals surface area contributed by atoms with E-state index in [9.17, 15) is 0 Å². The number of piperidine rings is 1. The van der Waals surface area contributed by atoms with Crippen LogP contribution in [0.3, 0.4) is 0 Å². The van der Waals surface area contributed by atoms with Gasteiger partial charge in [-0.2, -0.15) is 0 Å². The molecule has 17 heavy (non-hydrogen) atoms. The van der Waals surface area contributed by atoms with Gasteiger partial charge in [0.2, 0.25) is 0 Å². The number of benzene rings is 1. The normalized spacial score (nSPS) is 20.4. The Balaban J connectivity index is 1.62. The van der Waals surface area contributed by atoms with Crippen LogP contribution in [0.1, 0.15) is 31.2 Å². The molecule has 0 radical (unpaired) electrons. The summed E-state index contributed by atoms with van der Waals surface area (Å²) >= 11 is 3.47. The van der Waals surface area contributed by atoms with Gasteiger partial charge in [-0.3, -0.25) is 0 Å². The second kappa shape index (κ2) is 7.14. The van der Waals surface area contributed by atoms with Gasteiger partial charge in [0, 0.05) is 17.1 Å². The summed E-state index contributed by atoms with van der Waals surface area (Å²) in [6.07, 6.45) is 5.13. The first-order valence-electron chi connectivity index (χ1n) is 6.40. The van der Waals surface area contributed by atoms with Gasteiger partial charge in [0.15, 0.2) is 0 Å². The van der Waals surface area contributed by atoms with E-state index in [1.165, 1.54) is 31.4 Å². The van der Waals surface area contributed by atoms with Gasteiger partial charge in [0.25, 0.3) is 0 Å². The van der Waals surface area contributed by atoms with Crippen molar-refractivity contribution in [2.45, 2.75) is 38.3 Å². The Morgan fingerprint density at radius 3 is 3.06 bits per heavy atom. The maximum absolute atomic E-state index is 5.72. The molecule has 0 saturated carbocycles. The quantitative estimate of drug-likeness (QED) is 0.840. The molecule has 0 aromatic heterocycles. The highest BCUT2D eigenvalue weighted by Crippen LogP contribution is 2.13. The first-order valence-corrected chi connectivity index (χ1v) is 7.19. The number of hydrogen-bond donors (Lipinski definition) is 1. The minimum absolute atomic E-state index is 0.672. The van der Waals surface area contributed by atoms with Gasteiger partial charge in [-0.1, -0.05) is 34.5 Å². The average molecular weight is 298 g/mol. The van der Waals surface area contributed by atoms with E-state index in [1.807, 2.05) is 12.1 Å². The molecular formula is C14H20BrNO. The van der Waals surface area contributed by atoms with E-state index in [0.717, 1.165) is 17.5 Å². The summed E-state index contributed by atoms with van der Waals surface area (Å²) in [5, 5.41) is 3.54. The fourth-order valence-electron chi connectivity index (χ4n) is 2.21. The predicted octanol–water partition coefficient (Wildman–Crippen LogP) is 3.50. The van der Waals surface area contributed by atoms with Crippen molar-refractivity contribution >= 4 is 15.9 Å². The van der Waals surface area contributed by atoms with Crippen molar-refractivity contribution in [2.24, 2.45) is 0 Å². The second-order valence-corrected chi connectivity index (χ2v) is 5.53. The molecule has 1 atom stereocenters. The smallest absolute Gasteiger partial charge is 0.0717 e. The van der Waals surface area contributed by atoms with Crippen LogP contribution in [-0.4, -0.2) is 19.2 Å². The summed E-state index contributed by atoms with van der Waals surface area (Å²) in [6.45, 7) is 2.74. The van der Waals surface area contributed by atoms with Crippen molar-refractivity contribution in [3.8, 4) is 0 Å². The molecule has 1 heterocycles. The molecule has 94 valence electrons. The van der Waals surface area contributed by atoms with E-state index in [0.29, 0.717) is 12.6 Å². The van der Waals surface area contributed by atoms with Crippen LogP contribution in [0.25, 0.3) is 0 Å². The molecule has 0 amide bonds. The molecule has 0 aliphatic carbocycles. The van der Waals surface area contributed by atoms with E-state index in [1.54, 1.807) is 0 Å². The monoisotopic (exact) mass is 297 g/mol. The molecule has 0 unspecified atom stereocenters. The molecular weight excluding hydrogens is 278 g/mol. The first kappa shape index (κ1) is 13.1. The highest BCUT2D eigenvalue weighted by Gasteiger charge is 2.11. The largest absolute Gasteiger partial charge is 0.377 e. The Labute approximate surface area is 112 Å². The Bertz CT molecular complexity index is 337. The summed E-state index contributed by atoms with van der Waals surface area (Å²) in [7, 11) is 0. The lowest BCUT2D eigenvalue weighted by atomic mass is 10.0. The van der Waals surface area contributed by atoms with Gasteiger partial charge in [0.05, 0.1) is 6.61 Å². The van der Waals surface area contributed by atoms with Gasteiger partial charge in [0.1, 0.15) is 0 Å². The molecule has 1 aromatic carbocycles. The lowest BCUT2D eigenvalue weighted by Crippen LogP contribution is -2.34. The minimum Gasteiger partial charge on any atom is -0.377 e. The summed E-state index contributed by atoms with van der Waals surface area (Å²) in [4.78, 5) is 0. The Morgan fingerprint density at radius 1 is 1.35 bits per heavy atom. The van der Waals surface area contributed by atoms with E-state index in [4.69, 9.17) is 4.74 Å². The molecule has 1 aromatic rings. The van der Waals surface area contributed by atoms with Crippen molar-refractivity contribution in [3.05, 3.63) is 34.3 Å². The van der Waals surface area contributed by atoms with Gasteiger partial charge < -0.3 is 10.1 Å². The molecule has 1 fully saturated rings. The lowest BCUT2D eigenvalue weighted by Gasteiger charge is -2.23. The first-order chi connectivity index (χ1) is 8.34. The summed E-state index contributed by atoms with van der Waals surface area (Å²) in [6, 6.07) is 8.97. The molecule has 1 saturated heterocycles. The predicted molar refractivity (Wildman–Crippen MR) is 74.1 cm³/mol. The number of hydrogen-bond acceptors (Lipinski definition) is 2. The fourth-order valence-corrected chi connectivity index (χ4v) is 2.66. The van der Waals surface area contributed by atoms with Gasteiger partial charge >= 0.3 is 0 Å². The van der Waals surface area contributed by atoms with Crippen molar-refractivity contribution in [1.82, 2.24) is 5.32 Å². The molecule has 1 aliphatic rings. The second-order valence-electron chi connectivity index (χ2n) is 4.62. The van der Waals surface area contributed by atoms with E-state index in [-0.39, 0.29) is 0 Å². The van der Waals surface area contributed by atoms with Gasteiger partial charge in [-0.05, 0) is 43.5 Å². The van der Waals surface area contributed by atoms with Crippen LogP contribution < -0.4 is 5.32 Å². The van der Waals surface area contributed by atoms with Crippen LogP contribution in [0, 0.1) is 0 Å². The summed E-state index contributed by atoms with van der Waals surface area (Å²) in [5.74, 6) is 0. The molecule has 3 heteroatoms. The van der Waals surface area contributed by atoms with Crippen LogP contribution in [0.5, 0.6) is 0 Å². The lowest BCUT2D eigenvalue weighted by molar-refractivity contribution is 0.108. The highest BCUT2D eigenvalue weighted by molar-refractivity contribution is 9.10. The van der Waals surface area contributed by atoms with Crippen LogP contribution in [-0.2, 0) is 11.3 Å². The van der Waals surface area contributed by atoms with E-state index in [2.05, 4.69) is 33.4 Å². The standard InChI is InChI=1S/C14H20BrNO/c15-13-5-3-4-12(10-13)11-17-9-7-14-6-1-2-8-16-14/h3-5,10,14,16H,1-2,6-9,11H2/t14-/m0/s1. The molecule has 0 spiro atoms. The number of nitrogens with one attached hydrogen (secondary N) is 1. The Morgan fingerprint density at radius 2 is 2.29 bits per heavy atom. The van der Waals surface area contributed by atoms with E-state index >= 15 is 0 Å². The molecule has 2 rings (SSSR count). The molecule has 1 N–H and O–H groups in total. The van der Waals surface area contributed by atoms with Crippen LogP contribution in [0.15, 0.2) is 28.7 Å². The Hall–Kier alpha value is -0.380. The van der Waals surface area contributed by atoms with Gasteiger partial charge in [-0.25, -0.2) is 0 Å². The minimum atomic E-state index is 0.672. The third-order valence-corrected chi connectivity index (χ3v) is 3.67. The molecule has 2 nitrogen and oxygen atoms in total. The zero-order valence-corrected chi connectivity index (χ0v) is 11.7. The van der Waals surface area contributed by atoms with Crippen LogP contribution in [0.4, 0.5) is 0 Å². The average Bonchev–Trinajstić information content (AvgIpc) is 2.36. The van der Waals surface area contributed by atoms with Gasteiger partial charge in [-0.15, -0.1) is 0 Å². The third kappa shape index (κ3) is 4.78. The Kier molecular flexibility index (Phi) is 5.49. The van der Waals surface area contributed by atoms with Crippen molar-refractivity contribution in [1.29, 1.82) is 0 Å². The number of ether oxygens (including phenoxy) is 1. The zero-order chi connectivity index (χ0) is 11.9. The van der Waals surface area contributed by atoms with Crippen molar-refractivity contribution in [2.75, 3.05) is 13.2 Å². The number of rotatable bonds is 5. The van der Waals surface area contributed by atoms with Crippen LogP contribution in [0.2, 0.25) is 0 Å². The molecule has 1 aliphatic heterocycles. The zero-order valence-electron chi connectivity index (χ0n) is 10.1. The maximum atomic E-state index is 5.72. The maximum Gasteiger partial charge on any atom is 0.0717 e. The fraction of sp³-hybridized carbons (Fsp3) is 0.571. The van der Waals surface area contributed by atoms with Crippen LogP contribution >= 0.6 is 15.9 Å².